The molecule has 0 fully saturated rings. The second kappa shape index (κ2) is 11.9. The van der Waals surface area contributed by atoms with Crippen molar-refractivity contribution in [3.05, 3.63) is 101 Å². The van der Waals surface area contributed by atoms with Gasteiger partial charge in [-0.15, -0.1) is 0 Å². The van der Waals surface area contributed by atoms with Crippen molar-refractivity contribution in [2.24, 2.45) is 5.73 Å². The molecule has 37 heavy (non-hydrogen) atoms. The Morgan fingerprint density at radius 2 is 1.73 bits per heavy atom. The normalized spacial score (nSPS) is 14.0. The minimum absolute atomic E-state index is 0.0609. The molecule has 0 aromatic heterocycles. The highest BCUT2D eigenvalue weighted by Gasteiger charge is 2.25. The third-order valence-corrected chi connectivity index (χ3v) is 7.21. The molecule has 198 valence electrons. The molecule has 0 aliphatic rings. The first-order chi connectivity index (χ1) is 17.4. The number of carbonyl (C=O) groups excluding carboxylic acids is 1. The van der Waals surface area contributed by atoms with Gasteiger partial charge in [-0.25, -0.2) is 12.8 Å². The van der Waals surface area contributed by atoms with Gasteiger partial charge >= 0.3 is 0 Å². The van der Waals surface area contributed by atoms with Gasteiger partial charge in [0.05, 0.1) is 36.8 Å². The van der Waals surface area contributed by atoms with Crippen LogP contribution in [0.25, 0.3) is 0 Å². The fraction of sp³-hybridized carbons (Fsp3) is 0.321. The Bertz CT molecular complexity index is 1310. The van der Waals surface area contributed by atoms with Gasteiger partial charge in [-0.2, -0.15) is 0 Å². The molecule has 0 spiro atoms. The van der Waals surface area contributed by atoms with E-state index in [1.807, 2.05) is 37.3 Å². The Morgan fingerprint density at radius 1 is 1.08 bits per heavy atom. The van der Waals surface area contributed by atoms with Crippen molar-refractivity contribution >= 4 is 21.6 Å². The summed E-state index contributed by atoms with van der Waals surface area (Å²) in [5.74, 6) is -0.832. The number of carbonyl (C=O) groups is 1. The number of hydrogen-bond donors (Lipinski definition) is 2. The van der Waals surface area contributed by atoms with Crippen molar-refractivity contribution in [3.8, 4) is 0 Å². The number of ether oxygens (including phenoxy) is 1. The Balaban J connectivity index is 1.81. The van der Waals surface area contributed by atoms with Gasteiger partial charge in [-0.3, -0.25) is 9.10 Å². The maximum atomic E-state index is 13.3. The first-order valence-electron chi connectivity index (χ1n) is 11.9. The van der Waals surface area contributed by atoms with E-state index >= 15 is 0 Å². The van der Waals surface area contributed by atoms with E-state index in [2.05, 4.69) is 5.32 Å². The van der Waals surface area contributed by atoms with Crippen LogP contribution in [0.15, 0.2) is 72.8 Å². The molecule has 0 bridgehead atoms. The molecule has 3 aromatic carbocycles. The summed E-state index contributed by atoms with van der Waals surface area (Å²) in [6, 6.07) is 20.2. The standard InChI is InChI=1S/C28H34FN3O4S/c1-20(22-13-15-24(29)16-14-22)31-27(33)25-12-8-11-23(26(25)32(3)37(4,34)35)18-36-19-28(2,30)17-21-9-6-5-7-10-21/h5-16,20H,17-19,30H2,1-4H3,(H,31,33)/t20-,28?/m1/s1. The molecule has 0 saturated heterocycles. The Kier molecular flexibility index (Phi) is 9.07. The summed E-state index contributed by atoms with van der Waals surface area (Å²) >= 11 is 0. The number of sulfonamides is 1. The molecule has 0 aliphatic heterocycles. The van der Waals surface area contributed by atoms with Crippen LogP contribution in [0.1, 0.15) is 46.9 Å². The molecule has 0 heterocycles. The number of halogens is 1. The molecule has 1 amide bonds. The average Bonchev–Trinajstić information content (AvgIpc) is 2.83. The highest BCUT2D eigenvalue weighted by molar-refractivity contribution is 7.92. The zero-order valence-corrected chi connectivity index (χ0v) is 22.4. The van der Waals surface area contributed by atoms with Crippen LogP contribution in [-0.2, 0) is 27.8 Å². The number of para-hydroxylation sites is 1. The summed E-state index contributed by atoms with van der Waals surface area (Å²) in [6.45, 7) is 3.95. The number of anilines is 1. The Hall–Kier alpha value is -3.27. The molecule has 0 radical (unpaired) electrons. The van der Waals surface area contributed by atoms with Crippen molar-refractivity contribution in [2.75, 3.05) is 24.2 Å². The van der Waals surface area contributed by atoms with Crippen LogP contribution in [0.5, 0.6) is 0 Å². The first-order valence-corrected chi connectivity index (χ1v) is 13.7. The minimum Gasteiger partial charge on any atom is -0.375 e. The number of nitrogens with one attached hydrogen (secondary N) is 1. The quantitative estimate of drug-likeness (QED) is 0.389. The average molecular weight is 528 g/mol. The molecule has 3 rings (SSSR count). The lowest BCUT2D eigenvalue weighted by Crippen LogP contribution is -2.43. The number of amides is 1. The lowest BCUT2D eigenvalue weighted by Gasteiger charge is -2.27. The van der Waals surface area contributed by atoms with Crippen molar-refractivity contribution < 1.29 is 22.3 Å². The SMILES string of the molecule is C[C@@H](NC(=O)c1cccc(COCC(C)(N)Cc2ccccc2)c1N(C)S(C)(=O)=O)c1ccc(F)cc1. The monoisotopic (exact) mass is 527 g/mol. The van der Waals surface area contributed by atoms with Crippen LogP contribution >= 0.6 is 0 Å². The lowest BCUT2D eigenvalue weighted by molar-refractivity contribution is 0.0792. The van der Waals surface area contributed by atoms with Crippen LogP contribution in [0, 0.1) is 5.82 Å². The number of rotatable bonds is 11. The van der Waals surface area contributed by atoms with Crippen LogP contribution in [0.4, 0.5) is 10.1 Å². The maximum absolute atomic E-state index is 13.3. The smallest absolute Gasteiger partial charge is 0.253 e. The molecular formula is C28H34FN3O4S. The fourth-order valence-corrected chi connectivity index (χ4v) is 4.59. The lowest BCUT2D eigenvalue weighted by atomic mass is 9.95. The molecule has 2 atom stereocenters. The number of nitrogens with zero attached hydrogens (tertiary/aromatic N) is 1. The summed E-state index contributed by atoms with van der Waals surface area (Å²) in [4.78, 5) is 13.3. The maximum Gasteiger partial charge on any atom is 0.253 e. The van der Waals surface area contributed by atoms with Gasteiger partial charge in [0.15, 0.2) is 0 Å². The van der Waals surface area contributed by atoms with E-state index in [1.54, 1.807) is 37.3 Å². The molecule has 0 aliphatic carbocycles. The minimum atomic E-state index is -3.68. The molecular weight excluding hydrogens is 493 g/mol. The van der Waals surface area contributed by atoms with E-state index in [-0.39, 0.29) is 30.3 Å². The fourth-order valence-electron chi connectivity index (χ4n) is 4.05. The van der Waals surface area contributed by atoms with Crippen molar-refractivity contribution in [3.63, 3.8) is 0 Å². The third-order valence-electron chi connectivity index (χ3n) is 6.03. The predicted octanol–water partition coefficient (Wildman–Crippen LogP) is 4.19. The van der Waals surface area contributed by atoms with Crippen LogP contribution in [0.3, 0.4) is 0 Å². The van der Waals surface area contributed by atoms with E-state index < -0.39 is 27.5 Å². The first kappa shape index (κ1) is 28.3. The summed E-state index contributed by atoms with van der Waals surface area (Å²) in [5.41, 5.74) is 8.56. The summed E-state index contributed by atoms with van der Waals surface area (Å²) in [7, 11) is -2.28. The molecule has 3 aromatic rings. The van der Waals surface area contributed by atoms with E-state index in [0.29, 0.717) is 17.5 Å². The zero-order valence-electron chi connectivity index (χ0n) is 21.6. The summed E-state index contributed by atoms with van der Waals surface area (Å²) < 4.78 is 45.2. The Morgan fingerprint density at radius 3 is 2.35 bits per heavy atom. The van der Waals surface area contributed by atoms with Gasteiger partial charge in [0.25, 0.3) is 5.91 Å². The highest BCUT2D eigenvalue weighted by Crippen LogP contribution is 2.29. The van der Waals surface area contributed by atoms with Gasteiger partial charge < -0.3 is 15.8 Å². The van der Waals surface area contributed by atoms with E-state index in [0.717, 1.165) is 16.1 Å². The van der Waals surface area contributed by atoms with Crippen molar-refractivity contribution in [1.29, 1.82) is 0 Å². The molecule has 0 saturated carbocycles. The summed E-state index contributed by atoms with van der Waals surface area (Å²) in [6.07, 6.45) is 1.68. The highest BCUT2D eigenvalue weighted by atomic mass is 32.2. The van der Waals surface area contributed by atoms with Crippen LogP contribution in [-0.4, -0.2) is 39.8 Å². The third kappa shape index (κ3) is 7.85. The number of hydrogen-bond acceptors (Lipinski definition) is 5. The van der Waals surface area contributed by atoms with Crippen molar-refractivity contribution in [1.82, 2.24) is 5.32 Å². The van der Waals surface area contributed by atoms with Gasteiger partial charge in [-0.05, 0) is 49.6 Å². The van der Waals surface area contributed by atoms with Crippen LogP contribution < -0.4 is 15.4 Å². The van der Waals surface area contributed by atoms with Crippen LogP contribution in [0.2, 0.25) is 0 Å². The van der Waals surface area contributed by atoms with Crippen molar-refractivity contribution in [2.45, 2.75) is 38.5 Å². The van der Waals surface area contributed by atoms with Gasteiger partial charge in [0.1, 0.15) is 5.82 Å². The molecule has 1 unspecified atom stereocenters. The molecule has 3 N–H and O–H groups in total. The molecule has 9 heteroatoms. The Labute approximate surface area is 218 Å². The second-order valence-electron chi connectivity index (χ2n) is 9.60. The number of benzene rings is 3. The topological polar surface area (TPSA) is 102 Å². The van der Waals surface area contributed by atoms with Gasteiger partial charge in [0.2, 0.25) is 10.0 Å². The summed E-state index contributed by atoms with van der Waals surface area (Å²) in [5, 5.41) is 2.87. The van der Waals surface area contributed by atoms with E-state index in [1.165, 1.54) is 19.2 Å². The predicted molar refractivity (Wildman–Crippen MR) is 144 cm³/mol. The second-order valence-corrected chi connectivity index (χ2v) is 11.6. The van der Waals surface area contributed by atoms with Gasteiger partial charge in [0, 0.05) is 18.2 Å². The largest absolute Gasteiger partial charge is 0.375 e. The van der Waals surface area contributed by atoms with E-state index in [4.69, 9.17) is 10.5 Å². The zero-order chi connectivity index (χ0) is 27.2. The molecule has 7 nitrogen and oxygen atoms in total. The number of nitrogens with two attached hydrogens (primary N) is 1. The van der Waals surface area contributed by atoms with Gasteiger partial charge in [-0.1, -0.05) is 54.6 Å². The van der Waals surface area contributed by atoms with E-state index in [9.17, 15) is 17.6 Å².